The van der Waals surface area contributed by atoms with E-state index in [4.69, 9.17) is 14.6 Å². The van der Waals surface area contributed by atoms with E-state index >= 15 is 0 Å². The summed E-state index contributed by atoms with van der Waals surface area (Å²) in [7, 11) is 0. The molecule has 90 valence electrons. The molecule has 1 aromatic rings. The van der Waals surface area contributed by atoms with Crippen LogP contribution in [-0.2, 0) is 4.79 Å². The molecule has 1 saturated carbocycles. The Balaban J connectivity index is 1.94. The van der Waals surface area contributed by atoms with Crippen LogP contribution in [0.25, 0.3) is 0 Å². The molecule has 1 aromatic carbocycles. The predicted molar refractivity (Wildman–Crippen MR) is 60.2 cm³/mol. The highest BCUT2D eigenvalue weighted by Crippen LogP contribution is 2.64. The third kappa shape index (κ3) is 1.40. The van der Waals surface area contributed by atoms with Crippen molar-refractivity contribution in [2.75, 3.05) is 6.79 Å². The van der Waals surface area contributed by atoms with Crippen molar-refractivity contribution in [3.8, 4) is 11.5 Å². The van der Waals surface area contributed by atoms with Crippen molar-refractivity contribution in [3.05, 3.63) is 23.8 Å². The molecule has 0 saturated heterocycles. The SMILES string of the molecule is CC1(C)[C@H](C(=O)O)[C@H]1c1ccc2c(c1)OCO2. The lowest BCUT2D eigenvalue weighted by Crippen LogP contribution is -2.03. The zero-order valence-electron chi connectivity index (χ0n) is 9.77. The fourth-order valence-corrected chi connectivity index (χ4v) is 2.83. The van der Waals surface area contributed by atoms with E-state index in [0.717, 1.165) is 11.3 Å². The van der Waals surface area contributed by atoms with Gasteiger partial charge in [-0.3, -0.25) is 4.79 Å². The van der Waals surface area contributed by atoms with Crippen LogP contribution in [0.5, 0.6) is 11.5 Å². The molecule has 1 aliphatic carbocycles. The molecule has 1 N–H and O–H groups in total. The quantitative estimate of drug-likeness (QED) is 0.852. The van der Waals surface area contributed by atoms with Gasteiger partial charge < -0.3 is 14.6 Å². The van der Waals surface area contributed by atoms with Gasteiger partial charge in [-0.15, -0.1) is 0 Å². The second-order valence-corrected chi connectivity index (χ2v) is 5.23. The van der Waals surface area contributed by atoms with Gasteiger partial charge in [0.25, 0.3) is 0 Å². The Labute approximate surface area is 99.2 Å². The Morgan fingerprint density at radius 2 is 2.06 bits per heavy atom. The van der Waals surface area contributed by atoms with E-state index in [-0.39, 0.29) is 24.0 Å². The average Bonchev–Trinajstić information content (AvgIpc) is 2.66. The number of benzene rings is 1. The second-order valence-electron chi connectivity index (χ2n) is 5.23. The zero-order valence-corrected chi connectivity index (χ0v) is 9.77. The minimum Gasteiger partial charge on any atom is -0.481 e. The van der Waals surface area contributed by atoms with Crippen molar-refractivity contribution < 1.29 is 19.4 Å². The smallest absolute Gasteiger partial charge is 0.307 e. The van der Waals surface area contributed by atoms with E-state index in [0.29, 0.717) is 5.75 Å². The van der Waals surface area contributed by atoms with Gasteiger partial charge in [-0.2, -0.15) is 0 Å². The number of carboxylic acid groups (broad SMARTS) is 1. The summed E-state index contributed by atoms with van der Waals surface area (Å²) < 4.78 is 10.6. The molecular formula is C13H14O4. The van der Waals surface area contributed by atoms with Gasteiger partial charge in [0.05, 0.1) is 5.92 Å². The molecule has 0 radical (unpaired) electrons. The van der Waals surface area contributed by atoms with Crippen LogP contribution in [0.15, 0.2) is 18.2 Å². The topological polar surface area (TPSA) is 55.8 Å². The molecule has 3 rings (SSSR count). The fourth-order valence-electron chi connectivity index (χ4n) is 2.83. The number of ether oxygens (including phenoxy) is 2. The molecule has 0 unspecified atom stereocenters. The van der Waals surface area contributed by atoms with Gasteiger partial charge in [-0.05, 0) is 23.1 Å². The molecule has 1 heterocycles. The number of carboxylic acids is 1. The van der Waals surface area contributed by atoms with Crippen LogP contribution >= 0.6 is 0 Å². The van der Waals surface area contributed by atoms with Crippen molar-refractivity contribution in [1.29, 1.82) is 0 Å². The van der Waals surface area contributed by atoms with Crippen LogP contribution in [0.3, 0.4) is 0 Å². The lowest BCUT2D eigenvalue weighted by Gasteiger charge is -2.04. The number of rotatable bonds is 2. The number of carbonyl (C=O) groups is 1. The third-order valence-corrected chi connectivity index (χ3v) is 3.85. The Morgan fingerprint density at radius 1 is 1.35 bits per heavy atom. The molecule has 17 heavy (non-hydrogen) atoms. The van der Waals surface area contributed by atoms with Crippen LogP contribution in [0.2, 0.25) is 0 Å². The van der Waals surface area contributed by atoms with Gasteiger partial charge in [-0.1, -0.05) is 19.9 Å². The molecule has 1 aliphatic heterocycles. The number of aliphatic carboxylic acids is 1. The summed E-state index contributed by atoms with van der Waals surface area (Å²) in [6.45, 7) is 4.22. The highest BCUT2D eigenvalue weighted by atomic mass is 16.7. The highest BCUT2D eigenvalue weighted by Gasteiger charge is 2.62. The molecule has 0 bridgehead atoms. The highest BCUT2D eigenvalue weighted by molar-refractivity contribution is 5.77. The first-order valence-corrected chi connectivity index (χ1v) is 5.64. The average molecular weight is 234 g/mol. The van der Waals surface area contributed by atoms with Crippen LogP contribution in [0.1, 0.15) is 25.3 Å². The molecule has 1 fully saturated rings. The maximum Gasteiger partial charge on any atom is 0.307 e. The summed E-state index contributed by atoms with van der Waals surface area (Å²) in [6.07, 6.45) is 0. The number of hydrogen-bond donors (Lipinski definition) is 1. The first-order valence-electron chi connectivity index (χ1n) is 5.64. The van der Waals surface area contributed by atoms with Gasteiger partial charge >= 0.3 is 5.97 Å². The summed E-state index contributed by atoms with van der Waals surface area (Å²) in [5.41, 5.74) is 0.839. The number of fused-ring (bicyclic) bond motifs is 1. The van der Waals surface area contributed by atoms with Crippen molar-refractivity contribution in [1.82, 2.24) is 0 Å². The minimum atomic E-state index is -0.724. The molecule has 4 heteroatoms. The van der Waals surface area contributed by atoms with Crippen molar-refractivity contribution in [2.24, 2.45) is 11.3 Å². The first kappa shape index (κ1) is 10.4. The summed E-state index contributed by atoms with van der Waals surface area (Å²) >= 11 is 0. The third-order valence-electron chi connectivity index (χ3n) is 3.85. The van der Waals surface area contributed by atoms with E-state index in [2.05, 4.69) is 0 Å². The van der Waals surface area contributed by atoms with Gasteiger partial charge in [0, 0.05) is 5.92 Å². The van der Waals surface area contributed by atoms with E-state index in [9.17, 15) is 4.79 Å². The molecule has 2 aliphatic rings. The van der Waals surface area contributed by atoms with Crippen LogP contribution in [-0.4, -0.2) is 17.9 Å². The molecule has 0 amide bonds. The Bertz CT molecular complexity index is 492. The Morgan fingerprint density at radius 3 is 2.71 bits per heavy atom. The molecule has 0 spiro atoms. The normalized spacial score (nSPS) is 27.9. The maximum atomic E-state index is 11.1. The van der Waals surface area contributed by atoms with Crippen LogP contribution in [0, 0.1) is 11.3 Å². The largest absolute Gasteiger partial charge is 0.481 e. The summed E-state index contributed by atoms with van der Waals surface area (Å²) in [4.78, 5) is 11.1. The first-order chi connectivity index (χ1) is 8.01. The van der Waals surface area contributed by atoms with Crippen molar-refractivity contribution in [3.63, 3.8) is 0 Å². The van der Waals surface area contributed by atoms with Crippen LogP contribution < -0.4 is 9.47 Å². The van der Waals surface area contributed by atoms with E-state index < -0.39 is 5.97 Å². The van der Waals surface area contributed by atoms with E-state index in [1.165, 1.54) is 0 Å². The minimum absolute atomic E-state index is 0.0644. The molecule has 2 atom stereocenters. The maximum absolute atomic E-state index is 11.1. The standard InChI is InChI=1S/C13H14O4/c1-13(2)10(11(13)12(14)15)7-3-4-8-9(5-7)17-6-16-8/h3-5,10-11H,6H2,1-2H3,(H,14,15)/t10-,11+/m1/s1. The molecule has 4 nitrogen and oxygen atoms in total. The second kappa shape index (κ2) is 3.15. The Hall–Kier alpha value is -1.71. The van der Waals surface area contributed by atoms with E-state index in [1.807, 2.05) is 32.0 Å². The number of hydrogen-bond acceptors (Lipinski definition) is 3. The van der Waals surface area contributed by atoms with Gasteiger partial charge in [0.2, 0.25) is 6.79 Å². The Kier molecular flexibility index (Phi) is 1.94. The van der Waals surface area contributed by atoms with Gasteiger partial charge in [0.15, 0.2) is 11.5 Å². The van der Waals surface area contributed by atoms with Gasteiger partial charge in [0.1, 0.15) is 0 Å². The summed E-state index contributed by atoms with van der Waals surface area (Å²) in [6, 6.07) is 5.69. The molecule has 0 aromatic heterocycles. The van der Waals surface area contributed by atoms with Gasteiger partial charge in [-0.25, -0.2) is 0 Å². The summed E-state index contributed by atoms with van der Waals surface area (Å²) in [5.74, 6) is 0.489. The van der Waals surface area contributed by atoms with Crippen LogP contribution in [0.4, 0.5) is 0 Å². The van der Waals surface area contributed by atoms with Crippen molar-refractivity contribution >= 4 is 5.97 Å². The summed E-state index contributed by atoms with van der Waals surface area (Å²) in [5, 5.41) is 9.16. The fraction of sp³-hybridized carbons (Fsp3) is 0.462. The lowest BCUT2D eigenvalue weighted by atomic mass is 10.0. The van der Waals surface area contributed by atoms with Crippen molar-refractivity contribution in [2.45, 2.75) is 19.8 Å². The molecular weight excluding hydrogens is 220 g/mol. The monoisotopic (exact) mass is 234 g/mol. The van der Waals surface area contributed by atoms with E-state index in [1.54, 1.807) is 0 Å². The predicted octanol–water partition coefficient (Wildman–Crippen LogP) is 2.24. The lowest BCUT2D eigenvalue weighted by molar-refractivity contribution is -0.139. The zero-order chi connectivity index (χ0) is 12.2.